The van der Waals surface area contributed by atoms with Gasteiger partial charge < -0.3 is 5.11 Å². The van der Waals surface area contributed by atoms with Gasteiger partial charge in [0.25, 0.3) is 0 Å². The number of halogens is 5. The van der Waals surface area contributed by atoms with Crippen molar-refractivity contribution >= 4 is 23.2 Å². The summed E-state index contributed by atoms with van der Waals surface area (Å²) in [6.45, 7) is 0. The summed E-state index contributed by atoms with van der Waals surface area (Å²) < 4.78 is 38.4. The molecule has 0 bridgehead atoms. The summed E-state index contributed by atoms with van der Waals surface area (Å²) in [7, 11) is 0. The molecule has 1 fully saturated rings. The number of aliphatic hydroxyl groups excluding tert-OH is 1. The fourth-order valence-electron chi connectivity index (χ4n) is 2.95. The summed E-state index contributed by atoms with van der Waals surface area (Å²) in [6.07, 6.45) is -3.45. The van der Waals surface area contributed by atoms with E-state index in [-0.39, 0.29) is 25.2 Å². The maximum Gasteiger partial charge on any atom is 0.391 e. The maximum absolute atomic E-state index is 12.8. The van der Waals surface area contributed by atoms with E-state index >= 15 is 0 Å². The molecule has 118 valence electrons. The van der Waals surface area contributed by atoms with E-state index in [1.165, 1.54) is 0 Å². The van der Waals surface area contributed by atoms with Crippen molar-refractivity contribution in [2.24, 2.45) is 11.8 Å². The number of aliphatic hydroxyl groups is 1. The van der Waals surface area contributed by atoms with Crippen LogP contribution in [-0.2, 0) is 6.42 Å². The highest BCUT2D eigenvalue weighted by molar-refractivity contribution is 6.35. The molecule has 0 saturated heterocycles. The van der Waals surface area contributed by atoms with Crippen molar-refractivity contribution in [2.45, 2.75) is 44.4 Å². The Labute approximate surface area is 132 Å². The van der Waals surface area contributed by atoms with E-state index in [0.29, 0.717) is 28.5 Å². The minimum Gasteiger partial charge on any atom is -0.392 e. The Hall–Kier alpha value is -0.450. The number of hydrogen-bond acceptors (Lipinski definition) is 1. The average Bonchev–Trinajstić information content (AvgIpc) is 2.41. The van der Waals surface area contributed by atoms with Crippen molar-refractivity contribution in [2.75, 3.05) is 0 Å². The van der Waals surface area contributed by atoms with Gasteiger partial charge in [0.05, 0.1) is 12.0 Å². The second-order valence-corrected chi connectivity index (χ2v) is 6.52. The molecular formula is C15H17Cl2F3O. The van der Waals surface area contributed by atoms with Crippen molar-refractivity contribution in [3.63, 3.8) is 0 Å². The summed E-state index contributed by atoms with van der Waals surface area (Å²) in [6, 6.07) is 4.94. The number of alkyl halides is 3. The molecule has 3 atom stereocenters. The molecule has 0 radical (unpaired) electrons. The highest BCUT2D eigenvalue weighted by Gasteiger charge is 2.43. The van der Waals surface area contributed by atoms with Gasteiger partial charge >= 0.3 is 6.18 Å². The third kappa shape index (κ3) is 4.51. The van der Waals surface area contributed by atoms with Crippen LogP contribution in [0.15, 0.2) is 18.2 Å². The molecule has 1 nitrogen and oxygen atoms in total. The van der Waals surface area contributed by atoms with Gasteiger partial charge in [0.15, 0.2) is 0 Å². The molecule has 0 aliphatic heterocycles. The first-order valence-electron chi connectivity index (χ1n) is 6.96. The van der Waals surface area contributed by atoms with Crippen molar-refractivity contribution < 1.29 is 18.3 Å². The maximum atomic E-state index is 12.8. The van der Waals surface area contributed by atoms with Gasteiger partial charge in [-0.15, -0.1) is 0 Å². The molecule has 1 aliphatic rings. The topological polar surface area (TPSA) is 20.2 Å². The van der Waals surface area contributed by atoms with Crippen molar-refractivity contribution in [1.82, 2.24) is 0 Å². The molecule has 1 saturated carbocycles. The predicted molar refractivity (Wildman–Crippen MR) is 77.7 cm³/mol. The van der Waals surface area contributed by atoms with Gasteiger partial charge in [0.2, 0.25) is 0 Å². The molecule has 6 heteroatoms. The molecule has 21 heavy (non-hydrogen) atoms. The zero-order chi connectivity index (χ0) is 15.6. The van der Waals surface area contributed by atoms with Crippen molar-refractivity contribution in [3.05, 3.63) is 33.8 Å². The van der Waals surface area contributed by atoms with E-state index in [0.717, 1.165) is 0 Å². The molecule has 1 N–H and O–H groups in total. The zero-order valence-electron chi connectivity index (χ0n) is 11.3. The van der Waals surface area contributed by atoms with E-state index in [1.807, 2.05) is 0 Å². The van der Waals surface area contributed by atoms with E-state index in [9.17, 15) is 18.3 Å². The third-order valence-electron chi connectivity index (χ3n) is 4.17. The molecule has 2 rings (SSSR count). The Morgan fingerprint density at radius 1 is 1.24 bits per heavy atom. The Balaban J connectivity index is 2.01. The Kier molecular flexibility index (Phi) is 5.44. The first-order valence-corrected chi connectivity index (χ1v) is 7.71. The minimum absolute atomic E-state index is 0.00409. The van der Waals surface area contributed by atoms with E-state index in [4.69, 9.17) is 23.2 Å². The van der Waals surface area contributed by atoms with Crippen LogP contribution >= 0.6 is 23.2 Å². The molecule has 1 aromatic carbocycles. The molecule has 1 aromatic rings. The van der Waals surface area contributed by atoms with Crippen molar-refractivity contribution in [1.29, 1.82) is 0 Å². The number of benzene rings is 1. The SMILES string of the molecule is OC(Cc1ccc(Cl)cc1Cl)C1CCCC(C(F)(F)F)C1. The normalized spacial score (nSPS) is 24.9. The van der Waals surface area contributed by atoms with Gasteiger partial charge in [-0.05, 0) is 42.9 Å². The molecule has 1 aliphatic carbocycles. The first-order chi connectivity index (χ1) is 9.77. The van der Waals surface area contributed by atoms with Crippen LogP contribution in [0.4, 0.5) is 13.2 Å². The van der Waals surface area contributed by atoms with Crippen LogP contribution in [0.5, 0.6) is 0 Å². The van der Waals surface area contributed by atoms with Crippen LogP contribution in [0.3, 0.4) is 0 Å². The Bertz CT molecular complexity index is 490. The Morgan fingerprint density at radius 3 is 2.57 bits per heavy atom. The largest absolute Gasteiger partial charge is 0.392 e. The van der Waals surface area contributed by atoms with Crippen LogP contribution in [-0.4, -0.2) is 17.4 Å². The lowest BCUT2D eigenvalue weighted by Crippen LogP contribution is -2.34. The first kappa shape index (κ1) is 16.9. The second-order valence-electron chi connectivity index (χ2n) is 5.67. The highest BCUT2D eigenvalue weighted by Crippen LogP contribution is 2.41. The summed E-state index contributed by atoms with van der Waals surface area (Å²) in [4.78, 5) is 0. The lowest BCUT2D eigenvalue weighted by atomic mass is 9.77. The molecule has 0 aromatic heterocycles. The van der Waals surface area contributed by atoms with Crippen molar-refractivity contribution in [3.8, 4) is 0 Å². The van der Waals surface area contributed by atoms with Gasteiger partial charge in [-0.25, -0.2) is 0 Å². The van der Waals surface area contributed by atoms with E-state index in [1.54, 1.807) is 18.2 Å². The fraction of sp³-hybridized carbons (Fsp3) is 0.600. The molecule has 0 spiro atoms. The summed E-state index contributed by atoms with van der Waals surface area (Å²) >= 11 is 11.8. The van der Waals surface area contributed by atoms with Crippen LogP contribution in [0.2, 0.25) is 10.0 Å². The van der Waals surface area contributed by atoms with E-state index < -0.39 is 18.2 Å². The highest BCUT2D eigenvalue weighted by atomic mass is 35.5. The smallest absolute Gasteiger partial charge is 0.391 e. The fourth-order valence-corrected chi connectivity index (χ4v) is 3.44. The zero-order valence-corrected chi connectivity index (χ0v) is 12.8. The van der Waals surface area contributed by atoms with Gasteiger partial charge in [-0.3, -0.25) is 0 Å². The molecule has 3 unspecified atom stereocenters. The quantitative estimate of drug-likeness (QED) is 0.795. The number of hydrogen-bond donors (Lipinski definition) is 1. The van der Waals surface area contributed by atoms with Gasteiger partial charge in [0.1, 0.15) is 0 Å². The monoisotopic (exact) mass is 340 g/mol. The van der Waals surface area contributed by atoms with Crippen LogP contribution < -0.4 is 0 Å². The van der Waals surface area contributed by atoms with E-state index in [2.05, 4.69) is 0 Å². The summed E-state index contributed by atoms with van der Waals surface area (Å²) in [5.74, 6) is -1.64. The summed E-state index contributed by atoms with van der Waals surface area (Å²) in [5.41, 5.74) is 0.711. The van der Waals surface area contributed by atoms with Crippen LogP contribution in [0.25, 0.3) is 0 Å². The second kappa shape index (κ2) is 6.76. The molecule has 0 amide bonds. The minimum atomic E-state index is -4.17. The molecule has 0 heterocycles. The predicted octanol–water partition coefficient (Wildman–Crippen LogP) is 5.27. The van der Waals surface area contributed by atoms with Gasteiger partial charge in [-0.1, -0.05) is 35.7 Å². The number of rotatable bonds is 3. The lowest BCUT2D eigenvalue weighted by Gasteiger charge is -2.33. The van der Waals surface area contributed by atoms with Crippen LogP contribution in [0.1, 0.15) is 31.2 Å². The van der Waals surface area contributed by atoms with Crippen LogP contribution in [0, 0.1) is 11.8 Å². The van der Waals surface area contributed by atoms with Gasteiger partial charge in [-0.2, -0.15) is 13.2 Å². The lowest BCUT2D eigenvalue weighted by molar-refractivity contribution is -0.188. The molecular weight excluding hydrogens is 324 g/mol. The van der Waals surface area contributed by atoms with Gasteiger partial charge in [0, 0.05) is 16.5 Å². The summed E-state index contributed by atoms with van der Waals surface area (Å²) in [5, 5.41) is 11.2. The average molecular weight is 341 g/mol. The standard InChI is InChI=1S/C15H17Cl2F3O/c16-12-5-4-9(13(17)8-12)7-14(21)10-2-1-3-11(6-10)15(18,19)20/h4-5,8,10-11,14,21H,1-3,6-7H2. The third-order valence-corrected chi connectivity index (χ3v) is 4.75. The Morgan fingerprint density at radius 2 is 1.95 bits per heavy atom.